The molecule has 6 rings (SSSR count). The van der Waals surface area contributed by atoms with Gasteiger partial charge in [0.05, 0.1) is 11.6 Å². The maximum absolute atomic E-state index is 14.1. The van der Waals surface area contributed by atoms with E-state index in [4.69, 9.17) is 4.42 Å². The fourth-order valence-electron chi connectivity index (χ4n) is 7.22. The molecule has 0 spiro atoms. The molecular weight excluding hydrogens is 534 g/mol. The SMILES string of the molecule is CCC(=O)[C@@H]1C[C@]23CNC(=O)C[C@@H](C)CCCCc4cc(-c5nnc(C)o5)cc5c(C(C)=O)cn(c45)CC(=O)N1[C@@H]2C3. The molecule has 2 aliphatic heterocycles. The normalized spacial score (nSPS) is 26.6. The first kappa shape index (κ1) is 28.3. The molecular formula is C32H39N5O5. The number of nitrogens with one attached hydrogen (secondary N) is 1. The number of nitrogens with zero attached hydrogens (tertiary/aromatic N) is 4. The Labute approximate surface area is 245 Å². The van der Waals surface area contributed by atoms with Crippen LogP contribution < -0.4 is 5.32 Å². The summed E-state index contributed by atoms with van der Waals surface area (Å²) in [5.41, 5.74) is 2.87. The first-order valence-electron chi connectivity index (χ1n) is 15.2. The van der Waals surface area contributed by atoms with Gasteiger partial charge in [0.1, 0.15) is 6.54 Å². The number of carbonyl (C=O) groups is 4. The third kappa shape index (κ3) is 5.05. The summed E-state index contributed by atoms with van der Waals surface area (Å²) in [5.74, 6) is 0.933. The minimum atomic E-state index is -0.489. The summed E-state index contributed by atoms with van der Waals surface area (Å²) in [6.45, 7) is 7.73. The monoisotopic (exact) mass is 573 g/mol. The number of Topliss-reactive ketones (excluding diaryl/α,β-unsaturated/α-hetero) is 2. The first-order valence-corrected chi connectivity index (χ1v) is 15.2. The van der Waals surface area contributed by atoms with Crippen LogP contribution in [0.1, 0.15) is 87.5 Å². The van der Waals surface area contributed by atoms with Crippen molar-refractivity contribution >= 4 is 34.3 Å². The highest BCUT2D eigenvalue weighted by atomic mass is 16.4. The van der Waals surface area contributed by atoms with Gasteiger partial charge in [-0.2, -0.15) is 0 Å². The highest BCUT2D eigenvalue weighted by Crippen LogP contribution is 2.59. The molecule has 3 aliphatic rings. The number of aryl methyl sites for hydroxylation is 2. The van der Waals surface area contributed by atoms with E-state index in [0.717, 1.165) is 54.1 Å². The Kier molecular flexibility index (Phi) is 7.27. The lowest BCUT2D eigenvalue weighted by atomic mass is 9.95. The lowest BCUT2D eigenvalue weighted by Gasteiger charge is -2.27. The van der Waals surface area contributed by atoms with E-state index in [1.807, 2.05) is 23.6 Å². The van der Waals surface area contributed by atoms with E-state index in [2.05, 4.69) is 22.4 Å². The van der Waals surface area contributed by atoms with Gasteiger partial charge in [0.2, 0.25) is 23.6 Å². The van der Waals surface area contributed by atoms with Crippen LogP contribution in [0, 0.1) is 18.3 Å². The van der Waals surface area contributed by atoms with E-state index in [9.17, 15) is 19.2 Å². The zero-order chi connectivity index (χ0) is 29.8. The van der Waals surface area contributed by atoms with E-state index >= 15 is 0 Å². The van der Waals surface area contributed by atoms with E-state index in [1.165, 1.54) is 6.92 Å². The van der Waals surface area contributed by atoms with Crippen molar-refractivity contribution in [2.24, 2.45) is 11.3 Å². The van der Waals surface area contributed by atoms with Gasteiger partial charge in [-0.3, -0.25) is 19.2 Å². The van der Waals surface area contributed by atoms with Crippen molar-refractivity contribution in [2.75, 3.05) is 6.54 Å². The smallest absolute Gasteiger partial charge is 0.247 e. The second-order valence-electron chi connectivity index (χ2n) is 12.6. The van der Waals surface area contributed by atoms with Crippen molar-refractivity contribution in [3.05, 3.63) is 35.3 Å². The summed E-state index contributed by atoms with van der Waals surface area (Å²) in [5, 5.41) is 12.1. The van der Waals surface area contributed by atoms with Crippen LogP contribution in [0.5, 0.6) is 0 Å². The Bertz CT molecular complexity index is 1590. The van der Waals surface area contributed by atoms with Crippen molar-refractivity contribution in [1.29, 1.82) is 0 Å². The predicted octanol–water partition coefficient (Wildman–Crippen LogP) is 4.41. The number of benzene rings is 1. The lowest BCUT2D eigenvalue weighted by molar-refractivity contribution is -0.139. The van der Waals surface area contributed by atoms with Gasteiger partial charge in [0.25, 0.3) is 0 Å². The molecule has 2 bridgehead atoms. The molecule has 1 aliphatic carbocycles. The van der Waals surface area contributed by atoms with Crippen molar-refractivity contribution in [2.45, 2.75) is 97.7 Å². The van der Waals surface area contributed by atoms with Gasteiger partial charge >= 0.3 is 0 Å². The molecule has 1 N–H and O–H groups in total. The summed E-state index contributed by atoms with van der Waals surface area (Å²) < 4.78 is 7.63. The molecule has 1 saturated carbocycles. The van der Waals surface area contributed by atoms with Crippen LogP contribution in [-0.4, -0.2) is 61.7 Å². The minimum Gasteiger partial charge on any atom is -0.421 e. The number of ketones is 2. The quantitative estimate of drug-likeness (QED) is 0.458. The largest absolute Gasteiger partial charge is 0.421 e. The van der Waals surface area contributed by atoms with E-state index in [-0.39, 0.29) is 47.3 Å². The molecule has 42 heavy (non-hydrogen) atoms. The van der Waals surface area contributed by atoms with Crippen molar-refractivity contribution in [1.82, 2.24) is 25.0 Å². The van der Waals surface area contributed by atoms with Gasteiger partial charge < -0.3 is 19.2 Å². The standard InChI is InChI=1S/C32H39N5O5/c1-5-26(39)25-13-32-14-27(32)37(25)29(41)16-36-15-24(19(3)38)23-12-22(31-35-34-20(4)42-31)11-21(30(23)36)9-7-6-8-18(2)10-28(40)33-17-32/h11-12,15,18,25,27H,5-10,13-14,16-17H2,1-4H3,(H,33,40)/t18-,25-,27+,32-/m0/s1. The van der Waals surface area contributed by atoms with Crippen LogP contribution in [0.3, 0.4) is 0 Å². The van der Waals surface area contributed by atoms with Crippen molar-refractivity contribution < 1.29 is 23.6 Å². The van der Waals surface area contributed by atoms with Crippen LogP contribution >= 0.6 is 0 Å². The Balaban J connectivity index is 1.45. The Hall–Kier alpha value is -3.82. The molecule has 222 valence electrons. The molecule has 2 aromatic heterocycles. The van der Waals surface area contributed by atoms with Crippen molar-refractivity contribution in [3.63, 3.8) is 0 Å². The first-order chi connectivity index (χ1) is 20.1. The number of aromatic nitrogens is 3. The molecule has 1 aromatic carbocycles. The third-order valence-electron chi connectivity index (χ3n) is 9.50. The molecule has 2 amide bonds. The lowest BCUT2D eigenvalue weighted by Crippen LogP contribution is -2.44. The van der Waals surface area contributed by atoms with E-state index < -0.39 is 6.04 Å². The van der Waals surface area contributed by atoms with Gasteiger partial charge in [-0.1, -0.05) is 26.7 Å². The van der Waals surface area contributed by atoms with E-state index in [0.29, 0.717) is 43.2 Å². The molecule has 10 nitrogen and oxygen atoms in total. The molecule has 0 unspecified atom stereocenters. The second kappa shape index (κ2) is 10.8. The second-order valence-corrected chi connectivity index (χ2v) is 12.6. The van der Waals surface area contributed by atoms with Crippen LogP contribution in [0.15, 0.2) is 22.7 Å². The molecule has 0 radical (unpaired) electrons. The van der Waals surface area contributed by atoms with Gasteiger partial charge in [0.15, 0.2) is 11.6 Å². The fourth-order valence-corrected chi connectivity index (χ4v) is 7.22. The Morgan fingerprint density at radius 2 is 1.98 bits per heavy atom. The predicted molar refractivity (Wildman–Crippen MR) is 156 cm³/mol. The molecule has 3 aromatic rings. The summed E-state index contributed by atoms with van der Waals surface area (Å²) in [6.07, 6.45) is 7.42. The molecule has 10 heteroatoms. The van der Waals surface area contributed by atoms with Gasteiger partial charge in [-0.25, -0.2) is 0 Å². The molecule has 4 atom stereocenters. The number of rotatable bonds is 4. The summed E-state index contributed by atoms with van der Waals surface area (Å²) in [6, 6.07) is 3.36. The maximum atomic E-state index is 14.1. The average Bonchev–Trinajstić information content (AvgIpc) is 3.22. The topological polar surface area (TPSA) is 127 Å². The van der Waals surface area contributed by atoms with Crippen LogP contribution in [0.25, 0.3) is 22.4 Å². The van der Waals surface area contributed by atoms with Crippen molar-refractivity contribution in [3.8, 4) is 11.5 Å². The molecule has 2 fully saturated rings. The summed E-state index contributed by atoms with van der Waals surface area (Å²) >= 11 is 0. The highest BCUT2D eigenvalue weighted by molar-refractivity contribution is 6.09. The zero-order valence-electron chi connectivity index (χ0n) is 24.9. The average molecular weight is 574 g/mol. The number of hydrogen-bond donors (Lipinski definition) is 1. The molecule has 4 heterocycles. The number of piperidine rings is 1. The van der Waals surface area contributed by atoms with Gasteiger partial charge in [-0.15, -0.1) is 10.2 Å². The van der Waals surface area contributed by atoms with Gasteiger partial charge in [0, 0.05) is 60.5 Å². The summed E-state index contributed by atoms with van der Waals surface area (Å²) in [4.78, 5) is 54.6. The number of hydrogen-bond acceptors (Lipinski definition) is 7. The van der Waals surface area contributed by atoms with Gasteiger partial charge in [-0.05, 0) is 56.2 Å². The number of amides is 2. The Morgan fingerprint density at radius 3 is 2.69 bits per heavy atom. The maximum Gasteiger partial charge on any atom is 0.247 e. The van der Waals surface area contributed by atoms with Crippen LogP contribution in [0.2, 0.25) is 0 Å². The van der Waals surface area contributed by atoms with Crippen LogP contribution in [0.4, 0.5) is 0 Å². The molecule has 1 saturated heterocycles. The third-order valence-corrected chi connectivity index (χ3v) is 9.50. The number of carbonyl (C=O) groups excluding carboxylic acids is 4. The van der Waals surface area contributed by atoms with E-state index in [1.54, 1.807) is 18.0 Å². The van der Waals surface area contributed by atoms with Crippen LogP contribution in [-0.2, 0) is 27.3 Å². The zero-order valence-corrected chi connectivity index (χ0v) is 24.9. The minimum absolute atomic E-state index is 0.0270. The fraction of sp³-hybridized carbons (Fsp3) is 0.562. The highest BCUT2D eigenvalue weighted by Gasteiger charge is 2.66. The summed E-state index contributed by atoms with van der Waals surface area (Å²) in [7, 11) is 0. The Morgan fingerprint density at radius 1 is 1.17 bits per heavy atom.